The Morgan fingerprint density at radius 1 is 0.403 bits per heavy atom. The average molecular weight is 1750 g/mol. The molecule has 654 valence electrons. The van der Waals surface area contributed by atoms with Gasteiger partial charge >= 0.3 is 42.7 Å². The fourth-order valence-corrected chi connectivity index (χ4v) is 13.1. The predicted molar refractivity (Wildman–Crippen MR) is 425 cm³/mol. The van der Waals surface area contributed by atoms with E-state index in [2.05, 4.69) is 42.0 Å². The highest BCUT2D eigenvalue weighted by molar-refractivity contribution is 6.31. The van der Waals surface area contributed by atoms with Gasteiger partial charge in [-0.3, -0.25) is 24.0 Å². The maximum atomic E-state index is 13.6. The zero-order valence-electron chi connectivity index (χ0n) is 66.3. The highest BCUT2D eigenvalue weighted by Crippen LogP contribution is 2.35. The van der Waals surface area contributed by atoms with Crippen molar-refractivity contribution in [3.05, 3.63) is 146 Å². The Morgan fingerprint density at radius 2 is 0.689 bits per heavy atom. The molecular formula is C80H98Cl3F11N12O13. The normalized spacial score (nSPS) is 17.9. The van der Waals surface area contributed by atoms with Crippen LogP contribution < -0.4 is 37.2 Å². The molecule has 5 aliphatic rings. The van der Waals surface area contributed by atoms with Gasteiger partial charge in [0.15, 0.2) is 0 Å². The number of nitrogens with one attached hydrogen (secondary N) is 7. The third-order valence-electron chi connectivity index (χ3n) is 19.0. The highest BCUT2D eigenvalue weighted by Gasteiger charge is 2.38. The zero-order valence-corrected chi connectivity index (χ0v) is 68.6. The number of nitrogens with zero attached hydrogens (tertiary/aromatic N) is 5. The van der Waals surface area contributed by atoms with Crippen LogP contribution in [0, 0.1) is 64.6 Å². The summed E-state index contributed by atoms with van der Waals surface area (Å²) < 4.78 is 157. The van der Waals surface area contributed by atoms with Gasteiger partial charge in [0.1, 0.15) is 29.1 Å². The van der Waals surface area contributed by atoms with Crippen LogP contribution in [0.1, 0.15) is 123 Å². The fraction of sp³-hybridized carbons (Fsp3) is 0.500. The lowest BCUT2D eigenvalue weighted by Gasteiger charge is -2.32. The molecule has 39 heteroatoms. The monoisotopic (exact) mass is 1750 g/mol. The minimum atomic E-state index is -4.80. The van der Waals surface area contributed by atoms with E-state index in [-0.39, 0.29) is 99.8 Å². The van der Waals surface area contributed by atoms with E-state index in [1.165, 1.54) is 53.3 Å². The lowest BCUT2D eigenvalue weighted by atomic mass is 9.97. The Kier molecular flexibility index (Phi) is 39.1. The molecule has 119 heavy (non-hydrogen) atoms. The van der Waals surface area contributed by atoms with E-state index in [1.54, 1.807) is 39.8 Å². The van der Waals surface area contributed by atoms with Gasteiger partial charge in [-0.15, -0.1) is 0 Å². The number of urea groups is 2. The van der Waals surface area contributed by atoms with Gasteiger partial charge in [0.05, 0.1) is 76.1 Å². The molecular weight excluding hydrogens is 1650 g/mol. The number of anilines is 5. The van der Waals surface area contributed by atoms with E-state index in [9.17, 15) is 96.2 Å². The Hall–Kier alpha value is -10.1. The maximum Gasteiger partial charge on any atom is 0.419 e. The van der Waals surface area contributed by atoms with Crippen LogP contribution in [0.2, 0.25) is 15.1 Å². The van der Waals surface area contributed by atoms with E-state index < -0.39 is 88.4 Å². The molecule has 5 aromatic carbocycles. The Labute approximate surface area is 696 Å². The number of rotatable bonds is 17. The second kappa shape index (κ2) is 47.6. The molecule has 0 aromatic heterocycles. The van der Waals surface area contributed by atoms with Gasteiger partial charge in [-0.25, -0.2) is 45.9 Å². The second-order valence-electron chi connectivity index (χ2n) is 28.7. The number of alkyl halides is 6. The molecule has 5 aliphatic heterocycles. The highest BCUT2D eigenvalue weighted by atomic mass is 35.5. The summed E-state index contributed by atoms with van der Waals surface area (Å²) in [5, 5.41) is 18.5. The number of piperidine rings is 5. The lowest BCUT2D eigenvalue weighted by Crippen LogP contribution is -2.48. The van der Waals surface area contributed by atoms with Crippen molar-refractivity contribution in [3.63, 3.8) is 0 Å². The summed E-state index contributed by atoms with van der Waals surface area (Å²) in [6, 6.07) is 16.5. The van der Waals surface area contributed by atoms with E-state index >= 15 is 0 Å². The zero-order chi connectivity index (χ0) is 87.8. The number of halogens is 14. The van der Waals surface area contributed by atoms with Crippen molar-refractivity contribution in [2.24, 2.45) is 35.5 Å². The minimum absolute atomic E-state index is 0.00510. The molecule has 12 amide bonds. The molecule has 0 aliphatic carbocycles. The molecule has 5 saturated heterocycles. The van der Waals surface area contributed by atoms with Crippen LogP contribution >= 0.6 is 34.8 Å². The van der Waals surface area contributed by atoms with Crippen molar-refractivity contribution in [3.8, 4) is 0 Å². The number of benzene rings is 5. The van der Waals surface area contributed by atoms with Gasteiger partial charge in [-0.05, 0) is 181 Å². The van der Waals surface area contributed by atoms with Gasteiger partial charge in [0, 0.05) is 107 Å². The first-order chi connectivity index (χ1) is 56.3. The van der Waals surface area contributed by atoms with E-state index in [0.717, 1.165) is 44.2 Å². The van der Waals surface area contributed by atoms with Crippen molar-refractivity contribution in [1.82, 2.24) is 35.1 Å². The molecule has 0 spiro atoms. The number of hydrogen-bond acceptors (Lipinski definition) is 13. The van der Waals surface area contributed by atoms with Gasteiger partial charge in [0.2, 0.25) is 29.5 Å². The number of hydrogen-bond donors (Lipinski definition) is 7. The van der Waals surface area contributed by atoms with Gasteiger partial charge in [-0.2, -0.15) is 26.3 Å². The Balaban J connectivity index is 0.000000231. The Bertz CT molecular complexity index is 4190. The predicted octanol–water partition coefficient (Wildman–Crippen LogP) is 17.3. The first-order valence-corrected chi connectivity index (χ1v) is 39.8. The summed E-state index contributed by atoms with van der Waals surface area (Å²) >= 11 is 16.9. The molecule has 0 unspecified atom stereocenters. The second-order valence-corrected chi connectivity index (χ2v) is 30.0. The van der Waals surface area contributed by atoms with Crippen LogP contribution in [0.15, 0.2) is 91.0 Å². The van der Waals surface area contributed by atoms with Gasteiger partial charge in [0.25, 0.3) is 0 Å². The van der Waals surface area contributed by atoms with Crippen LogP contribution in [0.25, 0.3) is 0 Å². The fourth-order valence-electron chi connectivity index (χ4n) is 12.8. The molecule has 0 bridgehead atoms. The van der Waals surface area contributed by atoms with Gasteiger partial charge in [-0.1, -0.05) is 62.5 Å². The van der Waals surface area contributed by atoms with Crippen molar-refractivity contribution < 1.29 is 110 Å². The van der Waals surface area contributed by atoms with Gasteiger partial charge < -0.3 is 75.9 Å². The van der Waals surface area contributed by atoms with E-state index in [1.807, 2.05) is 27.7 Å². The maximum absolute atomic E-state index is 13.6. The summed E-state index contributed by atoms with van der Waals surface area (Å²) in [7, 11) is 1.23. The third kappa shape index (κ3) is 31.9. The smallest absolute Gasteiger partial charge is 0.419 e. The van der Waals surface area contributed by atoms with Crippen molar-refractivity contribution in [2.75, 3.05) is 125 Å². The van der Waals surface area contributed by atoms with Crippen LogP contribution in [0.3, 0.4) is 0 Å². The molecule has 5 fully saturated rings. The first-order valence-electron chi connectivity index (χ1n) is 38.7. The van der Waals surface area contributed by atoms with Crippen LogP contribution in [0.5, 0.6) is 0 Å². The average Bonchev–Trinajstić information content (AvgIpc) is 0.838. The third-order valence-corrected chi connectivity index (χ3v) is 19.9. The van der Waals surface area contributed by atoms with Crippen LogP contribution in [-0.2, 0) is 50.5 Å². The van der Waals surface area contributed by atoms with E-state index in [0.29, 0.717) is 164 Å². The summed E-state index contributed by atoms with van der Waals surface area (Å²) in [5.74, 6) is -7.91. The molecule has 10 rings (SSSR count). The van der Waals surface area contributed by atoms with Crippen molar-refractivity contribution in [2.45, 2.75) is 124 Å². The summed E-state index contributed by atoms with van der Waals surface area (Å²) in [5.41, 5.74) is -1.84. The number of carbonyl (C=O) groups is 10. The molecule has 25 nitrogen and oxygen atoms in total. The number of ether oxygens (including phenoxy) is 3. The first kappa shape index (κ1) is 97.7. The van der Waals surface area contributed by atoms with Crippen molar-refractivity contribution in [1.29, 1.82) is 0 Å². The quantitative estimate of drug-likeness (QED) is 0.0337. The molecule has 0 radical (unpaired) electrons. The number of likely N-dealkylation sites (tertiary alicyclic amines) is 5. The van der Waals surface area contributed by atoms with E-state index in [4.69, 9.17) is 44.3 Å². The number of amides is 12. The molecule has 5 heterocycles. The summed E-state index contributed by atoms with van der Waals surface area (Å²) in [6.45, 7) is 15.6. The minimum Gasteiger partial charge on any atom is -0.453 e. The molecule has 5 aromatic rings. The molecule has 5 atom stereocenters. The van der Waals surface area contributed by atoms with Crippen LogP contribution in [0.4, 0.5) is 101 Å². The molecule has 0 saturated carbocycles. The standard InChI is InChI=1S/C17H23ClFN3O2.C16H21ClFN3O2.C16H20ClFN2O3.C16H18F4N2O3.C15H16F4N2O3/c1-11(2)9-20-17(24)22-7-3-4-12(10-22)16(23)21-13-5-6-14(18)15(19)8-13;1-2-7-19-16(23)21-8-3-4-11(10-21)15(22)20-12-5-6-13(17)14(18)9-12;1-2-8-23-16(22)20-7-3-4-11(10-20)15(21)19-12-5-6-13(17)14(18)9-12;1-2-25-15(24)22-7-3-4-10(9-22)14(23)21-11-5-6-12(13(17)8-11)16(18,19)20;1-24-14(23)21-6-2-3-9(8-21)13(22)20-10-4-5-11(12(16)7-10)15(17,18)19/h5-6,8,11-12H,3-4,7,9-10H2,1-2H3,(H,20,24)(H,21,23);5-6,9,11H,2-4,7-8,10H2,1H3,(H,19,23)(H,20,22);5-6,9,11H,2-4,7-8,10H2,1H3,(H,19,21);5-6,8,10H,2-4,7,9H2,1H3,(H,21,23);4-5,7,9H,2-3,6,8H2,1H3,(H,20,22)/t12-;2*11-;10-;9-/m00000/s1. The largest absolute Gasteiger partial charge is 0.453 e. The number of methoxy groups -OCH3 is 1. The Morgan fingerprint density at radius 3 is 0.966 bits per heavy atom. The molecule has 7 N–H and O–H groups in total. The summed E-state index contributed by atoms with van der Waals surface area (Å²) in [6.07, 6.45) is -2.84. The lowest BCUT2D eigenvalue weighted by molar-refractivity contribution is -0.140. The number of carbonyl (C=O) groups excluding carboxylic acids is 10. The van der Waals surface area contributed by atoms with Crippen LogP contribution in [-0.4, -0.2) is 183 Å². The van der Waals surface area contributed by atoms with Crippen molar-refractivity contribution >= 4 is 123 Å². The topological polar surface area (TPSA) is 299 Å². The SMILES string of the molecule is CC(C)CNC(=O)N1CCC[C@H](C(=O)Nc2ccc(Cl)c(F)c2)C1.CCCNC(=O)N1CCC[C@H](C(=O)Nc2ccc(Cl)c(F)c2)C1.CCCOC(=O)N1CCC[C@H](C(=O)Nc2ccc(Cl)c(F)c2)C1.CCOC(=O)N1CCC[C@H](C(=O)Nc2ccc(C(F)(F)F)c(F)c2)C1.COC(=O)N1CCC[C@H](C(=O)Nc2ccc(C(F)(F)F)c(F)c2)C1. The summed E-state index contributed by atoms with van der Waals surface area (Å²) in [4.78, 5) is 128.